The second-order valence-electron chi connectivity index (χ2n) is 1.87. The predicted molar refractivity (Wildman–Crippen MR) is 37.9 cm³/mol. The number of rotatable bonds is 2. The monoisotopic (exact) mass is 139 g/mol. The fourth-order valence-electron chi connectivity index (χ4n) is 0.660. The van der Waals surface area contributed by atoms with Crippen molar-refractivity contribution in [1.29, 1.82) is 0 Å². The first-order valence-corrected chi connectivity index (χ1v) is 2.95. The Morgan fingerprint density at radius 1 is 1.70 bits per heavy atom. The topological polar surface area (TPSA) is 34.7 Å². The van der Waals surface area contributed by atoms with E-state index in [1.807, 2.05) is 13.0 Å². The van der Waals surface area contributed by atoms with Crippen molar-refractivity contribution >= 4 is 5.71 Å². The van der Waals surface area contributed by atoms with Crippen LogP contribution in [0.1, 0.15) is 12.5 Å². The van der Waals surface area contributed by atoms with Gasteiger partial charge >= 0.3 is 0 Å². The Bertz CT molecular complexity index is 214. The van der Waals surface area contributed by atoms with E-state index in [2.05, 4.69) is 9.99 Å². The van der Waals surface area contributed by atoms with Gasteiger partial charge < -0.3 is 9.25 Å². The van der Waals surface area contributed by atoms with Crippen LogP contribution in [-0.2, 0) is 4.84 Å². The molecule has 1 rings (SSSR count). The van der Waals surface area contributed by atoms with E-state index >= 15 is 0 Å². The molecule has 0 aromatic carbocycles. The zero-order chi connectivity index (χ0) is 7.40. The molecule has 54 valence electrons. The minimum absolute atomic E-state index is 0.816. The van der Waals surface area contributed by atoms with Gasteiger partial charge in [0, 0.05) is 5.56 Å². The first kappa shape index (κ1) is 6.86. The molecular formula is C7H9NO2. The number of furan rings is 1. The quantitative estimate of drug-likeness (QED) is 0.461. The lowest BCUT2D eigenvalue weighted by atomic mass is 10.2. The largest absolute Gasteiger partial charge is 0.472 e. The van der Waals surface area contributed by atoms with Gasteiger partial charge in [-0.05, 0) is 13.0 Å². The third-order valence-corrected chi connectivity index (χ3v) is 1.17. The van der Waals surface area contributed by atoms with E-state index in [-0.39, 0.29) is 0 Å². The summed E-state index contributed by atoms with van der Waals surface area (Å²) in [5, 5.41) is 3.72. The summed E-state index contributed by atoms with van der Waals surface area (Å²) in [4.78, 5) is 4.57. The van der Waals surface area contributed by atoms with Gasteiger partial charge in [-0.3, -0.25) is 0 Å². The Hall–Kier alpha value is -1.25. The molecule has 0 spiro atoms. The lowest BCUT2D eigenvalue weighted by molar-refractivity contribution is 0.213. The van der Waals surface area contributed by atoms with E-state index in [0.29, 0.717) is 0 Å². The minimum Gasteiger partial charge on any atom is -0.472 e. The van der Waals surface area contributed by atoms with E-state index in [0.717, 1.165) is 11.3 Å². The van der Waals surface area contributed by atoms with Crippen LogP contribution in [0.4, 0.5) is 0 Å². The average molecular weight is 139 g/mol. The molecule has 0 atom stereocenters. The summed E-state index contributed by atoms with van der Waals surface area (Å²) in [5.41, 5.74) is 1.76. The van der Waals surface area contributed by atoms with Gasteiger partial charge in [0.25, 0.3) is 0 Å². The fourth-order valence-corrected chi connectivity index (χ4v) is 0.660. The SMILES string of the molecule is CO/N=C(/C)c1ccoc1. The van der Waals surface area contributed by atoms with E-state index in [4.69, 9.17) is 4.42 Å². The van der Waals surface area contributed by atoms with Crippen LogP contribution in [0.5, 0.6) is 0 Å². The molecular weight excluding hydrogens is 130 g/mol. The Morgan fingerprint density at radius 2 is 2.50 bits per heavy atom. The molecule has 0 fully saturated rings. The summed E-state index contributed by atoms with van der Waals surface area (Å²) < 4.78 is 4.85. The molecule has 0 saturated heterocycles. The summed E-state index contributed by atoms with van der Waals surface area (Å²) in [7, 11) is 1.52. The first-order chi connectivity index (χ1) is 4.84. The molecule has 0 radical (unpaired) electrons. The zero-order valence-electron chi connectivity index (χ0n) is 6.00. The van der Waals surface area contributed by atoms with Gasteiger partial charge in [0.2, 0.25) is 0 Å². The lowest BCUT2D eigenvalue weighted by Crippen LogP contribution is -1.91. The molecule has 10 heavy (non-hydrogen) atoms. The smallest absolute Gasteiger partial charge is 0.106 e. The average Bonchev–Trinajstić information content (AvgIpc) is 2.38. The minimum atomic E-state index is 0.816. The van der Waals surface area contributed by atoms with Crippen molar-refractivity contribution < 1.29 is 9.25 Å². The Labute approximate surface area is 59.3 Å². The highest BCUT2D eigenvalue weighted by atomic mass is 16.6. The summed E-state index contributed by atoms with van der Waals surface area (Å²) >= 11 is 0. The molecule has 0 aliphatic rings. The van der Waals surface area contributed by atoms with E-state index in [9.17, 15) is 0 Å². The molecule has 0 N–H and O–H groups in total. The maximum absolute atomic E-state index is 4.85. The second kappa shape index (κ2) is 3.06. The number of nitrogens with zero attached hydrogens (tertiary/aromatic N) is 1. The standard InChI is InChI=1S/C7H9NO2/c1-6(8-9-2)7-3-4-10-5-7/h3-5H,1-2H3/b8-6-. The lowest BCUT2D eigenvalue weighted by Gasteiger charge is -1.91. The summed E-state index contributed by atoms with van der Waals surface area (Å²) in [6.45, 7) is 1.86. The number of hydrogen-bond donors (Lipinski definition) is 0. The molecule has 3 heteroatoms. The maximum atomic E-state index is 4.85. The Kier molecular flexibility index (Phi) is 2.10. The zero-order valence-corrected chi connectivity index (χ0v) is 6.00. The molecule has 3 nitrogen and oxygen atoms in total. The van der Waals surface area contributed by atoms with Gasteiger partial charge in [-0.15, -0.1) is 0 Å². The molecule has 1 heterocycles. The van der Waals surface area contributed by atoms with Gasteiger partial charge in [0.05, 0.1) is 18.2 Å². The summed E-state index contributed by atoms with van der Waals surface area (Å²) in [6.07, 6.45) is 3.22. The predicted octanol–water partition coefficient (Wildman–Crippen LogP) is 1.65. The van der Waals surface area contributed by atoms with Gasteiger partial charge in [-0.1, -0.05) is 5.16 Å². The van der Waals surface area contributed by atoms with Crippen LogP contribution in [0.2, 0.25) is 0 Å². The molecule has 1 aromatic rings. The van der Waals surface area contributed by atoms with Gasteiger partial charge in [0.1, 0.15) is 7.11 Å². The van der Waals surface area contributed by atoms with Crippen LogP contribution in [0.3, 0.4) is 0 Å². The first-order valence-electron chi connectivity index (χ1n) is 2.95. The van der Waals surface area contributed by atoms with Crippen LogP contribution >= 0.6 is 0 Å². The van der Waals surface area contributed by atoms with Crippen LogP contribution in [0, 0.1) is 0 Å². The highest BCUT2D eigenvalue weighted by Gasteiger charge is 1.96. The van der Waals surface area contributed by atoms with Crippen LogP contribution in [-0.4, -0.2) is 12.8 Å². The molecule has 0 saturated carbocycles. The van der Waals surface area contributed by atoms with E-state index < -0.39 is 0 Å². The number of oxime groups is 1. The summed E-state index contributed by atoms with van der Waals surface area (Å²) in [5.74, 6) is 0. The van der Waals surface area contributed by atoms with Crippen molar-refractivity contribution in [3.05, 3.63) is 24.2 Å². The van der Waals surface area contributed by atoms with Crippen molar-refractivity contribution in [3.8, 4) is 0 Å². The molecule has 0 aliphatic carbocycles. The van der Waals surface area contributed by atoms with Gasteiger partial charge in [-0.25, -0.2) is 0 Å². The molecule has 0 aliphatic heterocycles. The van der Waals surface area contributed by atoms with Crippen molar-refractivity contribution in [2.24, 2.45) is 5.16 Å². The Morgan fingerprint density at radius 3 is 3.00 bits per heavy atom. The fraction of sp³-hybridized carbons (Fsp3) is 0.286. The molecule has 0 unspecified atom stereocenters. The Balaban J connectivity index is 2.77. The van der Waals surface area contributed by atoms with Crippen molar-refractivity contribution in [1.82, 2.24) is 0 Å². The molecule has 0 amide bonds. The molecule has 0 bridgehead atoms. The van der Waals surface area contributed by atoms with Gasteiger partial charge in [-0.2, -0.15) is 0 Å². The van der Waals surface area contributed by atoms with Crippen LogP contribution in [0.25, 0.3) is 0 Å². The van der Waals surface area contributed by atoms with Gasteiger partial charge in [0.15, 0.2) is 0 Å². The normalized spacial score (nSPS) is 11.6. The third-order valence-electron chi connectivity index (χ3n) is 1.17. The van der Waals surface area contributed by atoms with E-state index in [1.165, 1.54) is 7.11 Å². The highest BCUT2D eigenvalue weighted by molar-refractivity contribution is 5.97. The van der Waals surface area contributed by atoms with Crippen LogP contribution in [0.15, 0.2) is 28.2 Å². The number of hydrogen-bond acceptors (Lipinski definition) is 3. The maximum Gasteiger partial charge on any atom is 0.106 e. The van der Waals surface area contributed by atoms with E-state index in [1.54, 1.807) is 12.5 Å². The van der Waals surface area contributed by atoms with Crippen molar-refractivity contribution in [2.45, 2.75) is 6.92 Å². The summed E-state index contributed by atoms with van der Waals surface area (Å²) in [6, 6.07) is 1.83. The third kappa shape index (κ3) is 1.37. The highest BCUT2D eigenvalue weighted by Crippen LogP contribution is 2.01. The van der Waals surface area contributed by atoms with Crippen LogP contribution < -0.4 is 0 Å². The molecule has 1 aromatic heterocycles. The van der Waals surface area contributed by atoms with Crippen molar-refractivity contribution in [3.63, 3.8) is 0 Å². The second-order valence-corrected chi connectivity index (χ2v) is 1.87. The van der Waals surface area contributed by atoms with Crippen molar-refractivity contribution in [2.75, 3.05) is 7.11 Å².